The van der Waals surface area contributed by atoms with Gasteiger partial charge >= 0.3 is 18.1 Å². The lowest BCUT2D eigenvalue weighted by atomic mass is 9.96. The fraction of sp³-hybridized carbons (Fsp3) is 0.652. The number of ether oxygens (including phenoxy) is 2. The molecular weight excluding hydrogens is 721 g/mol. The molecule has 0 radical (unpaired) electrons. The zero-order valence-corrected chi connectivity index (χ0v) is 28.1. The molecule has 23 heteroatoms. The third kappa shape index (κ3) is 8.99. The molecule has 46 heavy (non-hydrogen) atoms. The van der Waals surface area contributed by atoms with Gasteiger partial charge in [0.2, 0.25) is 6.85 Å². The van der Waals surface area contributed by atoms with E-state index < -0.39 is 90.8 Å². The van der Waals surface area contributed by atoms with Crippen LogP contribution in [0, 0.1) is 0 Å². The number of hydrogen-bond donors (Lipinski definition) is 6. The average Bonchev–Trinajstić information content (AvgIpc) is 3.36. The van der Waals surface area contributed by atoms with Crippen LogP contribution in [-0.2, 0) is 39.4 Å². The highest BCUT2D eigenvalue weighted by Gasteiger charge is 2.59. The Morgan fingerprint density at radius 2 is 1.50 bits per heavy atom. The SMILES string of the molecule is C.COP(Cl)Cl.COP1(=S)OC[C@H]2O[C@@H](n3ccc(=O)[nH]c3=O)[C@](C)(O)[C@@H]2O1.C[C@@]1(O)[C@H](O)[C@@H](CO)O[C@H]1n1ccc(=O)[nH]c1=O. The van der Waals surface area contributed by atoms with E-state index in [9.17, 15) is 34.5 Å². The van der Waals surface area contributed by atoms with Crippen molar-refractivity contribution in [3.05, 3.63) is 66.2 Å². The van der Waals surface area contributed by atoms with Gasteiger partial charge in [-0.15, -0.1) is 0 Å². The maximum Gasteiger partial charge on any atom is 0.330 e. The third-order valence-electron chi connectivity index (χ3n) is 6.86. The van der Waals surface area contributed by atoms with Gasteiger partial charge in [-0.05, 0) is 48.1 Å². The Morgan fingerprint density at radius 1 is 1.02 bits per heavy atom. The molecule has 3 aliphatic heterocycles. The topological polar surface area (TPSA) is 246 Å². The van der Waals surface area contributed by atoms with Crippen molar-refractivity contribution in [1.29, 1.82) is 0 Å². The summed E-state index contributed by atoms with van der Waals surface area (Å²) in [6.45, 7) is -1.74. The van der Waals surface area contributed by atoms with Crippen LogP contribution in [0.2, 0.25) is 0 Å². The molecule has 3 saturated heterocycles. The first kappa shape index (κ1) is 40.8. The molecule has 1 unspecified atom stereocenters. The fourth-order valence-electron chi connectivity index (χ4n) is 4.58. The second kappa shape index (κ2) is 16.3. The van der Waals surface area contributed by atoms with Crippen LogP contribution in [0.15, 0.2) is 43.7 Å². The first-order valence-electron chi connectivity index (χ1n) is 12.7. The number of aromatic amines is 2. The second-order valence-corrected chi connectivity index (χ2v) is 16.2. The van der Waals surface area contributed by atoms with Gasteiger partial charge in [-0.25, -0.2) is 9.59 Å². The lowest BCUT2D eigenvalue weighted by Crippen LogP contribution is -2.49. The van der Waals surface area contributed by atoms with Gasteiger partial charge in [-0.1, -0.05) is 7.43 Å². The van der Waals surface area contributed by atoms with Gasteiger partial charge in [-0.2, -0.15) is 0 Å². The van der Waals surface area contributed by atoms with Crippen molar-refractivity contribution in [3.8, 4) is 0 Å². The normalized spacial score (nSPS) is 34.8. The Kier molecular flexibility index (Phi) is 14.5. The van der Waals surface area contributed by atoms with Crippen LogP contribution >= 0.6 is 36.1 Å². The molecule has 3 fully saturated rings. The smallest absolute Gasteiger partial charge is 0.330 e. The minimum atomic E-state index is -2.93. The molecule has 262 valence electrons. The maximum atomic E-state index is 11.9. The van der Waals surface area contributed by atoms with Gasteiger partial charge in [0.15, 0.2) is 12.5 Å². The number of halogens is 2. The summed E-state index contributed by atoms with van der Waals surface area (Å²) >= 11 is 15.3. The fourth-order valence-corrected chi connectivity index (χ4v) is 6.25. The molecule has 3 aliphatic rings. The summed E-state index contributed by atoms with van der Waals surface area (Å²) in [6, 6.07) is 2.26. The first-order valence-corrected chi connectivity index (χ1v) is 18.4. The molecule has 0 bridgehead atoms. The van der Waals surface area contributed by atoms with Crippen molar-refractivity contribution in [2.24, 2.45) is 0 Å². The van der Waals surface area contributed by atoms with E-state index in [4.69, 9.17) is 62.4 Å². The number of rotatable bonds is 5. The summed E-state index contributed by atoms with van der Waals surface area (Å²) < 4.78 is 33.3. The van der Waals surface area contributed by atoms with E-state index in [1.54, 1.807) is 0 Å². The molecule has 2 aromatic rings. The monoisotopic (exact) mass is 756 g/mol. The molecule has 0 spiro atoms. The Bertz CT molecular complexity index is 1600. The van der Waals surface area contributed by atoms with Crippen LogP contribution in [0.1, 0.15) is 33.7 Å². The van der Waals surface area contributed by atoms with Gasteiger partial charge in [0.25, 0.3) is 11.1 Å². The van der Waals surface area contributed by atoms with Gasteiger partial charge in [0.1, 0.15) is 35.6 Å². The van der Waals surface area contributed by atoms with Crippen molar-refractivity contribution >= 4 is 47.9 Å². The molecule has 2 aromatic heterocycles. The highest BCUT2D eigenvalue weighted by Crippen LogP contribution is 2.58. The minimum Gasteiger partial charge on any atom is -0.394 e. The minimum absolute atomic E-state index is 0. The lowest BCUT2D eigenvalue weighted by Gasteiger charge is -2.36. The van der Waals surface area contributed by atoms with Crippen molar-refractivity contribution in [2.45, 2.75) is 69.3 Å². The highest BCUT2D eigenvalue weighted by molar-refractivity contribution is 8.07. The number of nitrogens with one attached hydrogen (secondary N) is 2. The molecular formula is C23H36Cl2N4O14P2S. The average molecular weight is 757 g/mol. The number of aliphatic hydroxyl groups excluding tert-OH is 2. The number of aromatic nitrogens is 4. The molecule has 0 aliphatic carbocycles. The molecule has 0 amide bonds. The summed E-state index contributed by atoms with van der Waals surface area (Å²) in [5.41, 5.74) is -5.88. The predicted molar refractivity (Wildman–Crippen MR) is 169 cm³/mol. The number of aliphatic hydroxyl groups is 4. The van der Waals surface area contributed by atoms with Crippen molar-refractivity contribution in [1.82, 2.24) is 19.1 Å². The van der Waals surface area contributed by atoms with Crippen LogP contribution in [0.4, 0.5) is 0 Å². The largest absolute Gasteiger partial charge is 0.394 e. The number of hydrogen-bond acceptors (Lipinski definition) is 15. The van der Waals surface area contributed by atoms with Crippen molar-refractivity contribution < 1.29 is 48.0 Å². The standard InChI is InChI=1S/C11H15N2O7PS.C10H14N2O6.CH3Cl2OP.CH4/c1-11(16)8-6(5-18-21(22,17-2)20-8)19-9(11)13-4-3-7(14)12-10(13)15;1-10(17)7(15)5(4-13)18-8(10)12-3-2-6(14)11-9(12)16;1-4-5(2)3;/h3-4,6,8-9,16H,5H2,1-2H3,(H,12,14,15);2-3,5,7-8,13,15,17H,4H2,1H3,(H,11,14,16);1H3;1H4/t6-,8-,9-,11-,21?;5-,7-,8-,10-;;/m11../s1. The Morgan fingerprint density at radius 3 is 1.89 bits per heavy atom. The first-order chi connectivity index (χ1) is 20.9. The summed E-state index contributed by atoms with van der Waals surface area (Å²) in [6.07, 6.45) is -3.57. The van der Waals surface area contributed by atoms with Crippen molar-refractivity contribution in [3.63, 3.8) is 0 Å². The number of nitrogens with zero attached hydrogens (tertiary/aromatic N) is 2. The zero-order valence-electron chi connectivity index (χ0n) is 24.0. The number of fused-ring (bicyclic) bond motifs is 1. The van der Waals surface area contributed by atoms with E-state index in [2.05, 4.69) is 9.51 Å². The molecule has 0 aromatic carbocycles. The van der Waals surface area contributed by atoms with Gasteiger partial charge < -0.3 is 43.5 Å². The number of H-pyrrole nitrogens is 2. The van der Waals surface area contributed by atoms with E-state index in [-0.39, 0.29) is 14.0 Å². The predicted octanol–water partition coefficient (Wildman–Crippen LogP) is -0.0171. The Labute approximate surface area is 277 Å². The van der Waals surface area contributed by atoms with Crippen LogP contribution in [0.5, 0.6) is 0 Å². The second-order valence-electron chi connectivity index (χ2n) is 10.0. The van der Waals surface area contributed by atoms with E-state index >= 15 is 0 Å². The summed E-state index contributed by atoms with van der Waals surface area (Å²) in [5.74, 6) is 0. The van der Waals surface area contributed by atoms with Gasteiger partial charge in [0.05, 0.1) is 13.2 Å². The van der Waals surface area contributed by atoms with Crippen LogP contribution in [-0.4, -0.2) is 103 Å². The van der Waals surface area contributed by atoms with Crippen LogP contribution in [0.25, 0.3) is 0 Å². The Balaban J connectivity index is 0.000000278. The maximum absolute atomic E-state index is 11.9. The van der Waals surface area contributed by atoms with Crippen LogP contribution in [0.3, 0.4) is 0 Å². The molecule has 18 nitrogen and oxygen atoms in total. The van der Waals surface area contributed by atoms with E-state index in [0.29, 0.717) is 0 Å². The van der Waals surface area contributed by atoms with Gasteiger partial charge in [-0.3, -0.25) is 33.2 Å². The van der Waals surface area contributed by atoms with Crippen LogP contribution < -0.4 is 22.5 Å². The molecule has 5 heterocycles. The molecule has 6 N–H and O–H groups in total. The molecule has 9 atom stereocenters. The molecule has 5 rings (SSSR count). The summed E-state index contributed by atoms with van der Waals surface area (Å²) in [7, 11) is 2.83. The molecule has 0 saturated carbocycles. The zero-order chi connectivity index (χ0) is 33.9. The highest BCUT2D eigenvalue weighted by atomic mass is 35.9. The Hall–Kier alpha value is -1.38. The van der Waals surface area contributed by atoms with E-state index in [1.165, 1.54) is 40.3 Å². The summed E-state index contributed by atoms with van der Waals surface area (Å²) in [5, 5.41) is 39.7. The van der Waals surface area contributed by atoms with E-state index in [1.807, 2.05) is 4.98 Å². The lowest BCUT2D eigenvalue weighted by molar-refractivity contribution is -0.0987. The summed E-state index contributed by atoms with van der Waals surface area (Å²) in [4.78, 5) is 49.7. The third-order valence-corrected chi connectivity index (χ3v) is 10.4. The van der Waals surface area contributed by atoms with E-state index in [0.717, 1.165) is 21.4 Å². The quantitative estimate of drug-likeness (QED) is 0.220. The van der Waals surface area contributed by atoms with Crippen molar-refractivity contribution in [2.75, 3.05) is 27.4 Å². The van der Waals surface area contributed by atoms with Gasteiger partial charge in [0, 0.05) is 38.7 Å².